The predicted molar refractivity (Wildman–Crippen MR) is 81.7 cm³/mol. The van der Waals surface area contributed by atoms with E-state index < -0.39 is 0 Å². The standard InChI is InChI=1S/C16H21N3/c1-4-19(15-9-7-13(2)8-10-15)12-14-6-5-11-18-16(14)17-3/h5-11H,4,12H2,1-3H3,(H,17,18). The topological polar surface area (TPSA) is 28.2 Å². The lowest BCUT2D eigenvalue weighted by atomic mass is 10.2. The zero-order chi connectivity index (χ0) is 13.7. The Labute approximate surface area is 115 Å². The summed E-state index contributed by atoms with van der Waals surface area (Å²) in [6.45, 7) is 6.13. The normalized spacial score (nSPS) is 10.3. The van der Waals surface area contributed by atoms with E-state index in [1.165, 1.54) is 16.8 Å². The molecule has 0 amide bonds. The van der Waals surface area contributed by atoms with E-state index in [1.807, 2.05) is 19.3 Å². The molecule has 0 spiro atoms. The van der Waals surface area contributed by atoms with Crippen LogP contribution in [-0.2, 0) is 6.54 Å². The highest BCUT2D eigenvalue weighted by molar-refractivity contribution is 5.51. The first-order chi connectivity index (χ1) is 9.24. The molecule has 0 aliphatic rings. The highest BCUT2D eigenvalue weighted by Gasteiger charge is 2.08. The Morgan fingerprint density at radius 1 is 1.16 bits per heavy atom. The van der Waals surface area contributed by atoms with Crippen LogP contribution in [0.5, 0.6) is 0 Å². The summed E-state index contributed by atoms with van der Waals surface area (Å²) in [7, 11) is 1.91. The second-order valence-corrected chi connectivity index (χ2v) is 4.61. The molecule has 0 bridgehead atoms. The molecule has 1 N–H and O–H groups in total. The van der Waals surface area contributed by atoms with E-state index in [0.29, 0.717) is 0 Å². The highest BCUT2D eigenvalue weighted by Crippen LogP contribution is 2.20. The van der Waals surface area contributed by atoms with E-state index in [1.54, 1.807) is 0 Å². The molecule has 1 aromatic carbocycles. The first kappa shape index (κ1) is 13.4. The van der Waals surface area contributed by atoms with Gasteiger partial charge in [0.05, 0.1) is 0 Å². The zero-order valence-corrected chi connectivity index (χ0v) is 11.9. The summed E-state index contributed by atoms with van der Waals surface area (Å²) in [6.07, 6.45) is 1.82. The molecule has 2 rings (SSSR count). The van der Waals surface area contributed by atoms with Crippen LogP contribution in [-0.4, -0.2) is 18.6 Å². The van der Waals surface area contributed by atoms with Gasteiger partial charge in [0.1, 0.15) is 5.82 Å². The SMILES string of the molecule is CCN(Cc1cccnc1NC)c1ccc(C)cc1. The number of aromatic nitrogens is 1. The van der Waals surface area contributed by atoms with Gasteiger partial charge in [-0.15, -0.1) is 0 Å². The summed E-state index contributed by atoms with van der Waals surface area (Å²) < 4.78 is 0. The summed E-state index contributed by atoms with van der Waals surface area (Å²) >= 11 is 0. The Morgan fingerprint density at radius 3 is 2.53 bits per heavy atom. The van der Waals surface area contributed by atoms with Crippen molar-refractivity contribution in [1.82, 2.24) is 4.98 Å². The van der Waals surface area contributed by atoms with Gasteiger partial charge in [-0.3, -0.25) is 0 Å². The molecule has 3 nitrogen and oxygen atoms in total. The van der Waals surface area contributed by atoms with Crippen LogP contribution in [0.1, 0.15) is 18.1 Å². The first-order valence-electron chi connectivity index (χ1n) is 6.68. The lowest BCUT2D eigenvalue weighted by Crippen LogP contribution is -2.22. The van der Waals surface area contributed by atoms with E-state index >= 15 is 0 Å². The summed E-state index contributed by atoms with van der Waals surface area (Å²) in [5.41, 5.74) is 3.75. The van der Waals surface area contributed by atoms with E-state index in [0.717, 1.165) is 18.9 Å². The van der Waals surface area contributed by atoms with Crippen molar-refractivity contribution in [2.24, 2.45) is 0 Å². The van der Waals surface area contributed by atoms with Crippen molar-refractivity contribution < 1.29 is 0 Å². The molecule has 0 unspecified atom stereocenters. The molecule has 100 valence electrons. The molecule has 0 fully saturated rings. The lowest BCUT2D eigenvalue weighted by molar-refractivity contribution is 0.829. The largest absolute Gasteiger partial charge is 0.373 e. The Morgan fingerprint density at radius 2 is 1.89 bits per heavy atom. The average molecular weight is 255 g/mol. The number of rotatable bonds is 5. The third kappa shape index (κ3) is 3.25. The molecule has 19 heavy (non-hydrogen) atoms. The van der Waals surface area contributed by atoms with Crippen molar-refractivity contribution in [3.8, 4) is 0 Å². The van der Waals surface area contributed by atoms with Crippen molar-refractivity contribution in [3.05, 3.63) is 53.7 Å². The summed E-state index contributed by atoms with van der Waals surface area (Å²) in [5, 5.41) is 3.15. The van der Waals surface area contributed by atoms with Crippen LogP contribution < -0.4 is 10.2 Å². The van der Waals surface area contributed by atoms with E-state index in [2.05, 4.69) is 59.4 Å². The summed E-state index contributed by atoms with van der Waals surface area (Å²) in [4.78, 5) is 6.70. The molecule has 0 aliphatic heterocycles. The maximum atomic E-state index is 4.35. The first-order valence-corrected chi connectivity index (χ1v) is 6.68. The van der Waals surface area contributed by atoms with E-state index in [9.17, 15) is 0 Å². The Balaban J connectivity index is 2.21. The van der Waals surface area contributed by atoms with Gasteiger partial charge in [0.15, 0.2) is 0 Å². The monoisotopic (exact) mass is 255 g/mol. The van der Waals surface area contributed by atoms with Crippen molar-refractivity contribution >= 4 is 11.5 Å². The smallest absolute Gasteiger partial charge is 0.130 e. The van der Waals surface area contributed by atoms with Crippen LogP contribution in [0.15, 0.2) is 42.6 Å². The molecular weight excluding hydrogens is 234 g/mol. The second-order valence-electron chi connectivity index (χ2n) is 4.61. The van der Waals surface area contributed by atoms with Gasteiger partial charge in [0.2, 0.25) is 0 Å². The molecule has 0 saturated carbocycles. The van der Waals surface area contributed by atoms with Crippen molar-refractivity contribution in [2.45, 2.75) is 20.4 Å². The number of nitrogens with one attached hydrogen (secondary N) is 1. The van der Waals surface area contributed by atoms with Crippen molar-refractivity contribution in [1.29, 1.82) is 0 Å². The molecule has 0 saturated heterocycles. The fourth-order valence-electron chi connectivity index (χ4n) is 2.14. The van der Waals surface area contributed by atoms with Gasteiger partial charge in [-0.05, 0) is 32.0 Å². The number of anilines is 2. The van der Waals surface area contributed by atoms with Crippen LogP contribution >= 0.6 is 0 Å². The molecule has 3 heteroatoms. The molecule has 0 atom stereocenters. The van der Waals surface area contributed by atoms with Gasteiger partial charge >= 0.3 is 0 Å². The van der Waals surface area contributed by atoms with Gasteiger partial charge in [-0.2, -0.15) is 0 Å². The Kier molecular flexibility index (Phi) is 4.39. The maximum absolute atomic E-state index is 4.35. The van der Waals surface area contributed by atoms with Crippen molar-refractivity contribution in [3.63, 3.8) is 0 Å². The summed E-state index contributed by atoms with van der Waals surface area (Å²) in [6, 6.07) is 12.8. The molecule has 2 aromatic rings. The van der Waals surface area contributed by atoms with Crippen LogP contribution in [0.3, 0.4) is 0 Å². The molecule has 0 aliphatic carbocycles. The second kappa shape index (κ2) is 6.23. The number of nitrogens with zero attached hydrogens (tertiary/aromatic N) is 2. The Hall–Kier alpha value is -2.03. The minimum absolute atomic E-state index is 0.865. The fraction of sp³-hybridized carbons (Fsp3) is 0.312. The third-order valence-electron chi connectivity index (χ3n) is 3.27. The lowest BCUT2D eigenvalue weighted by Gasteiger charge is -2.24. The molecule has 1 heterocycles. The van der Waals surface area contributed by atoms with Crippen molar-refractivity contribution in [2.75, 3.05) is 23.8 Å². The van der Waals surface area contributed by atoms with Gasteiger partial charge in [-0.1, -0.05) is 23.8 Å². The average Bonchev–Trinajstić information content (AvgIpc) is 2.46. The number of hydrogen-bond donors (Lipinski definition) is 1. The van der Waals surface area contributed by atoms with Gasteiger partial charge in [-0.25, -0.2) is 4.98 Å². The minimum atomic E-state index is 0.865. The van der Waals surface area contributed by atoms with Gasteiger partial charge in [0, 0.05) is 37.6 Å². The van der Waals surface area contributed by atoms with Crippen LogP contribution in [0, 0.1) is 6.92 Å². The van der Waals surface area contributed by atoms with Gasteiger partial charge < -0.3 is 10.2 Å². The number of hydrogen-bond acceptors (Lipinski definition) is 3. The molecule has 0 radical (unpaired) electrons. The predicted octanol–water partition coefficient (Wildman–Crippen LogP) is 3.46. The Bertz CT molecular complexity index is 520. The third-order valence-corrected chi connectivity index (χ3v) is 3.27. The number of aryl methyl sites for hydroxylation is 1. The number of benzene rings is 1. The fourth-order valence-corrected chi connectivity index (χ4v) is 2.14. The summed E-state index contributed by atoms with van der Waals surface area (Å²) in [5.74, 6) is 0.952. The van der Waals surface area contributed by atoms with Crippen LogP contribution in [0.25, 0.3) is 0 Å². The van der Waals surface area contributed by atoms with E-state index in [-0.39, 0.29) is 0 Å². The maximum Gasteiger partial charge on any atom is 0.130 e. The number of pyridine rings is 1. The van der Waals surface area contributed by atoms with Crippen LogP contribution in [0.4, 0.5) is 11.5 Å². The van der Waals surface area contributed by atoms with E-state index in [4.69, 9.17) is 0 Å². The zero-order valence-electron chi connectivity index (χ0n) is 11.9. The van der Waals surface area contributed by atoms with Gasteiger partial charge in [0.25, 0.3) is 0 Å². The van der Waals surface area contributed by atoms with Crippen LogP contribution in [0.2, 0.25) is 0 Å². The molecule has 1 aromatic heterocycles. The molecular formula is C16H21N3. The minimum Gasteiger partial charge on any atom is -0.373 e. The highest BCUT2D eigenvalue weighted by atomic mass is 15.1. The quantitative estimate of drug-likeness (QED) is 0.887.